The Balaban J connectivity index is 2.03. The van der Waals surface area contributed by atoms with Crippen molar-refractivity contribution in [1.82, 2.24) is 15.0 Å². The van der Waals surface area contributed by atoms with Crippen LogP contribution in [0.3, 0.4) is 0 Å². The highest BCUT2D eigenvalue weighted by Crippen LogP contribution is 2.18. The Labute approximate surface area is 120 Å². The molecule has 0 saturated heterocycles. The molecule has 1 unspecified atom stereocenters. The average molecular weight is 276 g/mol. The van der Waals surface area contributed by atoms with Crippen molar-refractivity contribution in [3.63, 3.8) is 0 Å². The topological polar surface area (TPSA) is 65.1 Å². The minimum Gasteiger partial charge on any atom is -0.379 e. The maximum Gasteiger partial charge on any atom is 0.0958 e. The molecule has 1 heterocycles. The lowest BCUT2D eigenvalue weighted by atomic mass is 9.99. The number of methoxy groups -OCH3 is 1. The van der Waals surface area contributed by atoms with Crippen molar-refractivity contribution in [2.75, 3.05) is 7.11 Å². The molecule has 0 saturated carbocycles. The van der Waals surface area contributed by atoms with Gasteiger partial charge >= 0.3 is 0 Å². The number of rotatable bonds is 7. The van der Waals surface area contributed by atoms with Gasteiger partial charge in [-0.15, -0.1) is 0 Å². The SMILES string of the molecule is COC(C)(C)CCC(Cn1cnc2ccccc21)NN. The second-order valence-corrected chi connectivity index (χ2v) is 5.75. The summed E-state index contributed by atoms with van der Waals surface area (Å²) in [4.78, 5) is 4.40. The zero-order valence-corrected chi connectivity index (χ0v) is 12.5. The van der Waals surface area contributed by atoms with Gasteiger partial charge in [-0.25, -0.2) is 4.98 Å². The monoisotopic (exact) mass is 276 g/mol. The summed E-state index contributed by atoms with van der Waals surface area (Å²) < 4.78 is 7.59. The average Bonchev–Trinajstić information content (AvgIpc) is 2.86. The molecular formula is C15H24N4O. The first kappa shape index (κ1) is 15.0. The summed E-state index contributed by atoms with van der Waals surface area (Å²) in [7, 11) is 1.74. The van der Waals surface area contributed by atoms with Gasteiger partial charge in [-0.2, -0.15) is 0 Å². The van der Waals surface area contributed by atoms with Crippen LogP contribution in [0.25, 0.3) is 11.0 Å². The van der Waals surface area contributed by atoms with E-state index in [1.165, 1.54) is 0 Å². The van der Waals surface area contributed by atoms with Gasteiger partial charge in [-0.05, 0) is 38.8 Å². The van der Waals surface area contributed by atoms with Gasteiger partial charge in [0.1, 0.15) is 0 Å². The number of nitrogens with zero attached hydrogens (tertiary/aromatic N) is 2. The number of hydrogen-bond donors (Lipinski definition) is 2. The van der Waals surface area contributed by atoms with Gasteiger partial charge in [0.25, 0.3) is 0 Å². The van der Waals surface area contributed by atoms with Crippen molar-refractivity contribution in [3.8, 4) is 0 Å². The van der Waals surface area contributed by atoms with Crippen molar-refractivity contribution < 1.29 is 4.74 Å². The second kappa shape index (κ2) is 6.35. The van der Waals surface area contributed by atoms with Crippen LogP contribution in [0.15, 0.2) is 30.6 Å². The minimum atomic E-state index is -0.119. The third kappa shape index (κ3) is 3.56. The first-order valence-corrected chi connectivity index (χ1v) is 6.97. The number of hydrazine groups is 1. The van der Waals surface area contributed by atoms with Gasteiger partial charge in [0, 0.05) is 19.7 Å². The largest absolute Gasteiger partial charge is 0.379 e. The Kier molecular flexibility index (Phi) is 4.75. The molecule has 0 aliphatic carbocycles. The molecule has 1 aromatic heterocycles. The first-order valence-electron chi connectivity index (χ1n) is 6.97. The zero-order valence-electron chi connectivity index (χ0n) is 12.5. The molecule has 5 nitrogen and oxygen atoms in total. The number of para-hydroxylation sites is 2. The molecule has 0 fully saturated rings. The van der Waals surface area contributed by atoms with Crippen LogP contribution in [-0.2, 0) is 11.3 Å². The van der Waals surface area contributed by atoms with Gasteiger partial charge < -0.3 is 9.30 Å². The number of benzene rings is 1. The van der Waals surface area contributed by atoms with E-state index >= 15 is 0 Å². The van der Waals surface area contributed by atoms with E-state index in [2.05, 4.69) is 34.9 Å². The van der Waals surface area contributed by atoms with Gasteiger partial charge in [-0.3, -0.25) is 11.3 Å². The van der Waals surface area contributed by atoms with Gasteiger partial charge in [0.05, 0.1) is 23.0 Å². The van der Waals surface area contributed by atoms with E-state index in [-0.39, 0.29) is 11.6 Å². The van der Waals surface area contributed by atoms with Crippen molar-refractivity contribution in [3.05, 3.63) is 30.6 Å². The normalized spacial score (nSPS) is 13.8. The maximum atomic E-state index is 5.68. The summed E-state index contributed by atoms with van der Waals surface area (Å²) in [5.41, 5.74) is 4.93. The molecular weight excluding hydrogens is 252 g/mol. The Morgan fingerprint density at radius 1 is 1.40 bits per heavy atom. The van der Waals surface area contributed by atoms with Crippen LogP contribution >= 0.6 is 0 Å². The third-order valence-corrected chi connectivity index (χ3v) is 3.83. The van der Waals surface area contributed by atoms with Crippen LogP contribution in [0.5, 0.6) is 0 Å². The number of hydrogen-bond acceptors (Lipinski definition) is 4. The molecule has 2 rings (SSSR count). The number of fused-ring (bicyclic) bond motifs is 1. The van der Waals surface area contributed by atoms with Crippen LogP contribution < -0.4 is 11.3 Å². The van der Waals surface area contributed by atoms with Crippen LogP contribution in [0, 0.1) is 0 Å². The van der Waals surface area contributed by atoms with E-state index in [1.807, 2.05) is 24.5 Å². The summed E-state index contributed by atoms with van der Waals surface area (Å²) in [5, 5.41) is 0. The van der Waals surface area contributed by atoms with Crippen molar-refractivity contribution >= 4 is 11.0 Å². The van der Waals surface area contributed by atoms with E-state index in [9.17, 15) is 0 Å². The first-order chi connectivity index (χ1) is 9.55. The molecule has 0 amide bonds. The highest BCUT2D eigenvalue weighted by molar-refractivity contribution is 5.74. The predicted molar refractivity (Wildman–Crippen MR) is 81.2 cm³/mol. The van der Waals surface area contributed by atoms with Gasteiger partial charge in [0.2, 0.25) is 0 Å². The van der Waals surface area contributed by atoms with E-state index in [0.717, 1.165) is 30.4 Å². The lowest BCUT2D eigenvalue weighted by molar-refractivity contribution is 0.0113. The summed E-state index contributed by atoms with van der Waals surface area (Å²) in [6, 6.07) is 8.32. The van der Waals surface area contributed by atoms with E-state index in [1.54, 1.807) is 7.11 Å². The second-order valence-electron chi connectivity index (χ2n) is 5.75. The van der Waals surface area contributed by atoms with Crippen molar-refractivity contribution in [1.29, 1.82) is 0 Å². The third-order valence-electron chi connectivity index (χ3n) is 3.83. The molecule has 0 aliphatic heterocycles. The summed E-state index contributed by atoms with van der Waals surface area (Å²) in [6.07, 6.45) is 3.77. The predicted octanol–water partition coefficient (Wildman–Crippen LogP) is 2.07. The lowest BCUT2D eigenvalue weighted by Crippen LogP contribution is -2.39. The molecule has 110 valence electrons. The van der Waals surface area contributed by atoms with E-state index < -0.39 is 0 Å². The van der Waals surface area contributed by atoms with Crippen LogP contribution in [0.4, 0.5) is 0 Å². The number of nitrogens with one attached hydrogen (secondary N) is 1. The maximum absolute atomic E-state index is 5.68. The molecule has 20 heavy (non-hydrogen) atoms. The molecule has 5 heteroatoms. The molecule has 2 aromatic rings. The van der Waals surface area contributed by atoms with Crippen LogP contribution in [0.1, 0.15) is 26.7 Å². The highest BCUT2D eigenvalue weighted by atomic mass is 16.5. The Morgan fingerprint density at radius 2 is 2.15 bits per heavy atom. The van der Waals surface area contributed by atoms with Crippen molar-refractivity contribution in [2.45, 2.75) is 44.9 Å². The van der Waals surface area contributed by atoms with Gasteiger partial charge in [0.15, 0.2) is 0 Å². The fraction of sp³-hybridized carbons (Fsp3) is 0.533. The lowest BCUT2D eigenvalue weighted by Gasteiger charge is -2.26. The fourth-order valence-electron chi connectivity index (χ4n) is 2.24. The number of imidazole rings is 1. The number of aromatic nitrogens is 2. The van der Waals surface area contributed by atoms with Gasteiger partial charge in [-0.1, -0.05) is 12.1 Å². The minimum absolute atomic E-state index is 0.119. The standard InChI is InChI=1S/C15H24N4O/c1-15(2,20-3)9-8-12(18-16)10-19-11-17-13-6-4-5-7-14(13)19/h4-7,11-12,18H,8-10,16H2,1-3H3. The van der Waals surface area contributed by atoms with Crippen LogP contribution in [0.2, 0.25) is 0 Å². The molecule has 1 atom stereocenters. The molecule has 0 radical (unpaired) electrons. The molecule has 0 bridgehead atoms. The van der Waals surface area contributed by atoms with Crippen LogP contribution in [-0.4, -0.2) is 28.3 Å². The Hall–Kier alpha value is -1.43. The highest BCUT2D eigenvalue weighted by Gasteiger charge is 2.19. The van der Waals surface area contributed by atoms with E-state index in [0.29, 0.717) is 0 Å². The summed E-state index contributed by atoms with van der Waals surface area (Å²) in [6.45, 7) is 4.98. The van der Waals surface area contributed by atoms with Crippen molar-refractivity contribution in [2.24, 2.45) is 5.84 Å². The molecule has 0 spiro atoms. The quantitative estimate of drug-likeness (QED) is 0.600. The molecule has 0 aliphatic rings. The molecule has 3 N–H and O–H groups in total. The zero-order chi connectivity index (χ0) is 14.6. The molecule has 1 aromatic carbocycles. The summed E-state index contributed by atoms with van der Waals surface area (Å²) >= 11 is 0. The Bertz CT molecular complexity index is 550. The van der Waals surface area contributed by atoms with E-state index in [4.69, 9.17) is 10.6 Å². The smallest absolute Gasteiger partial charge is 0.0958 e. The Morgan fingerprint density at radius 3 is 2.85 bits per heavy atom. The number of nitrogens with two attached hydrogens (primary N) is 1. The fourth-order valence-corrected chi connectivity index (χ4v) is 2.24. The number of ether oxygens (including phenoxy) is 1. The summed E-state index contributed by atoms with van der Waals surface area (Å²) in [5.74, 6) is 5.68.